The predicted molar refractivity (Wildman–Crippen MR) is 136 cm³/mol. The first kappa shape index (κ1) is 22.1. The van der Waals surface area contributed by atoms with E-state index in [1.165, 1.54) is 76.6 Å². The maximum absolute atomic E-state index is 5.95. The van der Waals surface area contributed by atoms with E-state index in [0.717, 1.165) is 35.4 Å². The van der Waals surface area contributed by atoms with Crippen LogP contribution in [-0.2, 0) is 4.74 Å². The lowest BCUT2D eigenvalue weighted by atomic mass is 9.39. The number of nitrogens with one attached hydrogen (secondary N) is 2. The molecule has 5 nitrogen and oxygen atoms in total. The van der Waals surface area contributed by atoms with Gasteiger partial charge in [-0.05, 0) is 119 Å². The summed E-state index contributed by atoms with van der Waals surface area (Å²) in [6, 6.07) is 1.37. The highest BCUT2D eigenvalue weighted by atomic mass is 16.5. The molecule has 5 aliphatic carbocycles. The maximum Gasteiger partial charge on any atom is 0.174 e. The molecule has 0 aromatic carbocycles. The Morgan fingerprint density at radius 3 is 2.74 bits per heavy atom. The summed E-state index contributed by atoms with van der Waals surface area (Å²) >= 11 is 0. The molecule has 5 fully saturated rings. The molecule has 7 aliphatic rings. The predicted octanol–water partition coefficient (Wildman–Crippen LogP) is 4.47. The zero-order valence-electron chi connectivity index (χ0n) is 21.4. The minimum atomic E-state index is 0.0302. The Balaban J connectivity index is 1.24. The summed E-state index contributed by atoms with van der Waals surface area (Å²) < 4.78 is 5.95. The fraction of sp³-hybridized carbons (Fsp3) is 0.828. The number of nitrogens with zero attached hydrogens (tertiary/aromatic N) is 2. The normalized spacial score (nSPS) is 49.6. The number of rotatable bonds is 5. The highest BCUT2D eigenvalue weighted by molar-refractivity contribution is 5.93. The first-order valence-corrected chi connectivity index (χ1v) is 14.2. The van der Waals surface area contributed by atoms with Gasteiger partial charge in [-0.2, -0.15) is 0 Å². The molecule has 0 aromatic heterocycles. The number of likely N-dealkylation sites (tertiary alicyclic amines) is 1. The standard InChI is InChI=1S/C29H44N4O/c1-18-14-19(2)31-27(30-18)32-25-9-11-28-10-8-23(25)29(28)12-13-33(17-20-4-5-20)26(28)15-21-6-7-22(34-3)16-24(21)29/h6-7,14,20-27,30,32H,4-5,8-13,15-17H2,1-3H3. The molecule has 0 amide bonds. The van der Waals surface area contributed by atoms with Crippen molar-refractivity contribution in [3.05, 3.63) is 23.9 Å². The zero-order chi connectivity index (χ0) is 23.1. The molecule has 2 heterocycles. The van der Waals surface area contributed by atoms with Crippen LogP contribution >= 0.6 is 0 Å². The number of aliphatic imine (C=N–C) groups is 1. The zero-order valence-corrected chi connectivity index (χ0v) is 21.4. The molecule has 4 saturated carbocycles. The van der Waals surface area contributed by atoms with Crippen molar-refractivity contribution >= 4 is 5.71 Å². The molecule has 186 valence electrons. The number of hydrogen-bond donors (Lipinski definition) is 2. The average Bonchev–Trinajstić information content (AvgIpc) is 3.59. The van der Waals surface area contributed by atoms with Gasteiger partial charge in [-0.3, -0.25) is 15.2 Å². The third kappa shape index (κ3) is 3.12. The Morgan fingerprint density at radius 2 is 1.94 bits per heavy atom. The Labute approximate surface area is 205 Å². The summed E-state index contributed by atoms with van der Waals surface area (Å²) in [4.78, 5) is 7.93. The SMILES string of the molecule is COC1C=CC2CC3N(CC4CC4)CCC4(C2C1)C1CCC34CCC1NC1N=C(C)C=C(C)N1. The number of allylic oxidation sites excluding steroid dienone is 3. The molecular formula is C29H44N4O. The van der Waals surface area contributed by atoms with Gasteiger partial charge in [0.25, 0.3) is 0 Å². The number of hydrogen-bond acceptors (Lipinski definition) is 5. The second-order valence-electron chi connectivity index (χ2n) is 12.9. The van der Waals surface area contributed by atoms with Crippen LogP contribution in [0.2, 0.25) is 0 Å². The van der Waals surface area contributed by atoms with E-state index in [1.807, 2.05) is 7.11 Å². The summed E-state index contributed by atoms with van der Waals surface area (Å²) in [7, 11) is 1.91. The van der Waals surface area contributed by atoms with Crippen LogP contribution in [0.15, 0.2) is 28.9 Å². The smallest absolute Gasteiger partial charge is 0.174 e. The van der Waals surface area contributed by atoms with Crippen molar-refractivity contribution in [3.63, 3.8) is 0 Å². The summed E-state index contributed by atoms with van der Waals surface area (Å²) in [6.07, 6.45) is 20.0. The molecule has 1 saturated heterocycles. The van der Waals surface area contributed by atoms with Crippen molar-refractivity contribution in [2.24, 2.45) is 39.5 Å². The van der Waals surface area contributed by atoms with Crippen LogP contribution in [0.25, 0.3) is 0 Å². The molecular weight excluding hydrogens is 420 g/mol. The minimum absolute atomic E-state index is 0.0302. The van der Waals surface area contributed by atoms with Crippen LogP contribution in [0.4, 0.5) is 0 Å². The summed E-state index contributed by atoms with van der Waals surface area (Å²) in [5.74, 6) is 3.28. The quantitative estimate of drug-likeness (QED) is 0.590. The van der Waals surface area contributed by atoms with Gasteiger partial charge in [-0.1, -0.05) is 12.2 Å². The van der Waals surface area contributed by atoms with Gasteiger partial charge >= 0.3 is 0 Å². The maximum atomic E-state index is 5.95. The summed E-state index contributed by atoms with van der Waals surface area (Å²) in [6.45, 7) is 7.00. The van der Waals surface area contributed by atoms with Crippen LogP contribution in [0.5, 0.6) is 0 Å². The monoisotopic (exact) mass is 464 g/mol. The van der Waals surface area contributed by atoms with Crippen LogP contribution in [-0.4, -0.2) is 55.3 Å². The molecule has 0 aromatic rings. The lowest BCUT2D eigenvalue weighted by molar-refractivity contribution is -0.212. The Kier molecular flexibility index (Phi) is 5.13. The second-order valence-corrected chi connectivity index (χ2v) is 12.9. The van der Waals surface area contributed by atoms with Gasteiger partial charge in [0.1, 0.15) is 0 Å². The lowest BCUT2D eigenvalue weighted by Gasteiger charge is -2.71. The molecule has 7 rings (SSSR count). The van der Waals surface area contributed by atoms with Gasteiger partial charge in [0.05, 0.1) is 6.10 Å². The number of piperidine rings is 1. The number of methoxy groups -OCH3 is 1. The summed E-state index contributed by atoms with van der Waals surface area (Å²) in [5.41, 5.74) is 3.36. The van der Waals surface area contributed by atoms with Crippen LogP contribution in [0.3, 0.4) is 0 Å². The van der Waals surface area contributed by atoms with Crippen LogP contribution < -0.4 is 10.6 Å². The fourth-order valence-electron chi connectivity index (χ4n) is 10.3. The van der Waals surface area contributed by atoms with Gasteiger partial charge in [-0.15, -0.1) is 0 Å². The Morgan fingerprint density at radius 1 is 1.09 bits per heavy atom. The highest BCUT2D eigenvalue weighted by Gasteiger charge is 2.74. The van der Waals surface area contributed by atoms with Gasteiger partial charge in [-0.25, -0.2) is 0 Å². The van der Waals surface area contributed by atoms with Gasteiger partial charge in [0.2, 0.25) is 0 Å². The van der Waals surface area contributed by atoms with Gasteiger partial charge < -0.3 is 10.1 Å². The molecule has 4 bridgehead atoms. The molecule has 9 atom stereocenters. The van der Waals surface area contributed by atoms with E-state index in [1.54, 1.807) is 0 Å². The van der Waals surface area contributed by atoms with Crippen molar-refractivity contribution in [3.8, 4) is 0 Å². The van der Waals surface area contributed by atoms with Crippen molar-refractivity contribution in [1.82, 2.24) is 15.5 Å². The third-order valence-corrected chi connectivity index (χ3v) is 11.5. The first-order valence-electron chi connectivity index (χ1n) is 14.2. The first-order chi connectivity index (χ1) is 16.5. The lowest BCUT2D eigenvalue weighted by Crippen LogP contribution is -2.72. The molecule has 2 aliphatic heterocycles. The fourth-order valence-corrected chi connectivity index (χ4v) is 10.3. The number of ether oxygens (including phenoxy) is 1. The summed E-state index contributed by atoms with van der Waals surface area (Å²) in [5, 5.41) is 7.65. The molecule has 0 radical (unpaired) electrons. The van der Waals surface area contributed by atoms with E-state index in [4.69, 9.17) is 9.73 Å². The minimum Gasteiger partial charge on any atom is -0.377 e. The molecule has 0 spiro atoms. The van der Waals surface area contributed by atoms with Crippen molar-refractivity contribution in [1.29, 1.82) is 0 Å². The number of fused-ring (bicyclic) bond motifs is 1. The van der Waals surface area contributed by atoms with E-state index in [2.05, 4.69) is 47.6 Å². The highest BCUT2D eigenvalue weighted by Crippen LogP contribution is 2.76. The third-order valence-electron chi connectivity index (χ3n) is 11.5. The topological polar surface area (TPSA) is 48.9 Å². The largest absolute Gasteiger partial charge is 0.377 e. The van der Waals surface area contributed by atoms with E-state index < -0.39 is 0 Å². The molecule has 9 unspecified atom stereocenters. The van der Waals surface area contributed by atoms with E-state index in [-0.39, 0.29) is 6.29 Å². The van der Waals surface area contributed by atoms with Crippen molar-refractivity contribution in [2.45, 2.75) is 96.1 Å². The van der Waals surface area contributed by atoms with Crippen molar-refractivity contribution in [2.75, 3.05) is 20.2 Å². The van der Waals surface area contributed by atoms with E-state index >= 15 is 0 Å². The molecule has 2 N–H and O–H groups in total. The Hall–Kier alpha value is -1.17. The van der Waals surface area contributed by atoms with Crippen LogP contribution in [0.1, 0.15) is 71.6 Å². The average molecular weight is 465 g/mol. The van der Waals surface area contributed by atoms with E-state index in [9.17, 15) is 0 Å². The Bertz CT molecular complexity index is 923. The van der Waals surface area contributed by atoms with Gasteiger partial charge in [0, 0.05) is 37.1 Å². The van der Waals surface area contributed by atoms with E-state index in [0.29, 0.717) is 23.0 Å². The van der Waals surface area contributed by atoms with Crippen LogP contribution in [0, 0.1) is 34.5 Å². The van der Waals surface area contributed by atoms with Gasteiger partial charge in [0.15, 0.2) is 6.29 Å². The van der Waals surface area contributed by atoms with Crippen molar-refractivity contribution < 1.29 is 4.74 Å². The molecule has 34 heavy (non-hydrogen) atoms. The molecule has 5 heteroatoms. The second kappa shape index (κ2) is 7.91.